The molecule has 0 saturated carbocycles. The number of tetrazole rings is 1. The van der Waals surface area contributed by atoms with Crippen molar-refractivity contribution in [3.05, 3.63) is 47.8 Å². The fourth-order valence-electron chi connectivity index (χ4n) is 2.45. The minimum absolute atomic E-state index is 0.0191. The van der Waals surface area contributed by atoms with E-state index in [0.29, 0.717) is 12.4 Å². The highest BCUT2D eigenvalue weighted by atomic mass is 16.5. The monoisotopic (exact) mass is 311 g/mol. The molecule has 7 heteroatoms. The first-order valence-electron chi connectivity index (χ1n) is 7.34. The van der Waals surface area contributed by atoms with Crippen LogP contribution >= 0.6 is 0 Å². The third-order valence-corrected chi connectivity index (χ3v) is 3.49. The van der Waals surface area contributed by atoms with Gasteiger partial charge in [0.2, 0.25) is 11.7 Å². The number of amides is 1. The second-order valence-corrected chi connectivity index (χ2v) is 5.12. The Morgan fingerprint density at radius 3 is 2.83 bits per heavy atom. The molecule has 0 saturated heterocycles. The molecule has 0 fully saturated rings. The Morgan fingerprint density at radius 1 is 1.22 bits per heavy atom. The molecule has 3 rings (SSSR count). The number of carbonyl (C=O) groups excluding carboxylic acids is 1. The molecule has 0 aliphatic heterocycles. The summed E-state index contributed by atoms with van der Waals surface area (Å²) in [5, 5.41) is 18.6. The molecule has 23 heavy (non-hydrogen) atoms. The van der Waals surface area contributed by atoms with Gasteiger partial charge in [0.1, 0.15) is 5.75 Å². The van der Waals surface area contributed by atoms with Gasteiger partial charge in [-0.05, 0) is 23.4 Å². The van der Waals surface area contributed by atoms with Crippen LogP contribution in [0.4, 0.5) is 0 Å². The van der Waals surface area contributed by atoms with Crippen LogP contribution in [0.15, 0.2) is 36.4 Å². The van der Waals surface area contributed by atoms with Crippen molar-refractivity contribution in [2.24, 2.45) is 0 Å². The van der Waals surface area contributed by atoms with E-state index in [1.165, 1.54) is 12.5 Å². The van der Waals surface area contributed by atoms with Gasteiger partial charge in [-0.1, -0.05) is 35.5 Å². The molecule has 0 atom stereocenters. The maximum atomic E-state index is 11.0. The molecule has 0 aliphatic carbocycles. The second kappa shape index (κ2) is 6.87. The summed E-state index contributed by atoms with van der Waals surface area (Å²) < 4.78 is 5.81. The van der Waals surface area contributed by atoms with Crippen molar-refractivity contribution in [1.29, 1.82) is 0 Å². The van der Waals surface area contributed by atoms with Crippen molar-refractivity contribution in [3.8, 4) is 5.75 Å². The summed E-state index contributed by atoms with van der Waals surface area (Å²) in [7, 11) is 0. The minimum Gasteiger partial charge on any atom is -0.485 e. The van der Waals surface area contributed by atoms with E-state index in [1.807, 2.05) is 24.3 Å². The Hall–Kier alpha value is -2.96. The largest absolute Gasteiger partial charge is 0.485 e. The van der Waals surface area contributed by atoms with Gasteiger partial charge >= 0.3 is 0 Å². The van der Waals surface area contributed by atoms with E-state index in [-0.39, 0.29) is 12.5 Å². The molecule has 0 radical (unpaired) electrons. The van der Waals surface area contributed by atoms with Gasteiger partial charge in [0.25, 0.3) is 0 Å². The summed E-state index contributed by atoms with van der Waals surface area (Å²) in [5.74, 6) is 1.26. The highest BCUT2D eigenvalue weighted by Gasteiger charge is 2.07. The van der Waals surface area contributed by atoms with Gasteiger partial charge in [-0.3, -0.25) is 4.79 Å². The maximum absolute atomic E-state index is 11.0. The summed E-state index contributed by atoms with van der Waals surface area (Å²) in [6.07, 6.45) is 0.769. The van der Waals surface area contributed by atoms with Crippen molar-refractivity contribution in [2.75, 3.05) is 6.54 Å². The van der Waals surface area contributed by atoms with Crippen LogP contribution in [0.3, 0.4) is 0 Å². The predicted molar refractivity (Wildman–Crippen MR) is 84.8 cm³/mol. The maximum Gasteiger partial charge on any atom is 0.216 e. The number of benzene rings is 2. The van der Waals surface area contributed by atoms with Crippen LogP contribution in [-0.2, 0) is 17.8 Å². The molecule has 1 amide bonds. The topological polar surface area (TPSA) is 92.8 Å². The van der Waals surface area contributed by atoms with E-state index < -0.39 is 0 Å². The fraction of sp³-hybridized carbons (Fsp3) is 0.250. The van der Waals surface area contributed by atoms with Crippen LogP contribution in [0, 0.1) is 0 Å². The zero-order valence-corrected chi connectivity index (χ0v) is 12.7. The number of carbonyl (C=O) groups is 1. The van der Waals surface area contributed by atoms with Gasteiger partial charge in [0.15, 0.2) is 6.61 Å². The lowest BCUT2D eigenvalue weighted by Crippen LogP contribution is -2.22. The number of ether oxygens (including phenoxy) is 1. The van der Waals surface area contributed by atoms with Crippen LogP contribution < -0.4 is 10.1 Å². The van der Waals surface area contributed by atoms with Crippen LogP contribution in [0.2, 0.25) is 0 Å². The summed E-state index contributed by atoms with van der Waals surface area (Å²) in [6, 6.07) is 12.0. The molecule has 7 nitrogen and oxygen atoms in total. The smallest absolute Gasteiger partial charge is 0.216 e. The molecule has 0 unspecified atom stereocenters. The van der Waals surface area contributed by atoms with E-state index in [2.05, 4.69) is 38.1 Å². The van der Waals surface area contributed by atoms with Gasteiger partial charge in [-0.25, -0.2) is 0 Å². The molecule has 1 heterocycles. The first kappa shape index (κ1) is 15.0. The van der Waals surface area contributed by atoms with E-state index in [9.17, 15) is 4.79 Å². The highest BCUT2D eigenvalue weighted by molar-refractivity contribution is 5.91. The third kappa shape index (κ3) is 3.63. The first-order chi connectivity index (χ1) is 11.2. The number of hydrogen-bond donors (Lipinski definition) is 2. The normalized spacial score (nSPS) is 10.7. The Balaban J connectivity index is 1.81. The van der Waals surface area contributed by atoms with Gasteiger partial charge in [-0.15, -0.1) is 10.2 Å². The molecule has 118 valence electrons. The van der Waals surface area contributed by atoms with Crippen LogP contribution in [-0.4, -0.2) is 33.1 Å². The molecular formula is C16H17N5O2. The first-order valence-corrected chi connectivity index (χ1v) is 7.34. The lowest BCUT2D eigenvalue weighted by Gasteiger charge is -2.11. The fourth-order valence-corrected chi connectivity index (χ4v) is 2.45. The summed E-state index contributed by atoms with van der Waals surface area (Å²) >= 11 is 0. The molecule has 0 bridgehead atoms. The third-order valence-electron chi connectivity index (χ3n) is 3.49. The van der Waals surface area contributed by atoms with Crippen LogP contribution in [0.25, 0.3) is 10.8 Å². The molecule has 2 aromatic carbocycles. The van der Waals surface area contributed by atoms with Gasteiger partial charge < -0.3 is 10.1 Å². The predicted octanol–water partition coefficient (Wildman–Crippen LogP) is 1.61. The van der Waals surface area contributed by atoms with Crippen molar-refractivity contribution in [3.63, 3.8) is 0 Å². The minimum atomic E-state index is -0.0191. The summed E-state index contributed by atoms with van der Waals surface area (Å²) in [5.41, 5.74) is 1.17. The lowest BCUT2D eigenvalue weighted by atomic mass is 10.0. The molecule has 0 aliphatic rings. The Morgan fingerprint density at radius 2 is 2.04 bits per heavy atom. The Bertz CT molecular complexity index is 801. The summed E-state index contributed by atoms with van der Waals surface area (Å²) in [6.45, 7) is 2.39. The molecule has 0 spiro atoms. The average Bonchev–Trinajstić information content (AvgIpc) is 3.06. The number of rotatable bonds is 6. The van der Waals surface area contributed by atoms with Crippen LogP contribution in [0.5, 0.6) is 5.75 Å². The number of nitrogens with one attached hydrogen (secondary N) is 2. The molecular weight excluding hydrogens is 294 g/mol. The average molecular weight is 311 g/mol. The number of nitrogens with zero attached hydrogens (tertiary/aromatic N) is 3. The van der Waals surface area contributed by atoms with Crippen molar-refractivity contribution in [1.82, 2.24) is 25.9 Å². The number of aromatic amines is 1. The second-order valence-electron chi connectivity index (χ2n) is 5.12. The molecule has 1 aromatic heterocycles. The van der Waals surface area contributed by atoms with E-state index in [1.54, 1.807) is 0 Å². The van der Waals surface area contributed by atoms with Gasteiger partial charge in [-0.2, -0.15) is 5.21 Å². The van der Waals surface area contributed by atoms with Gasteiger partial charge in [0.05, 0.1) is 0 Å². The van der Waals surface area contributed by atoms with Crippen molar-refractivity contribution >= 4 is 16.7 Å². The van der Waals surface area contributed by atoms with E-state index in [4.69, 9.17) is 4.74 Å². The summed E-state index contributed by atoms with van der Waals surface area (Å²) in [4.78, 5) is 11.0. The highest BCUT2D eigenvalue weighted by Crippen LogP contribution is 2.28. The SMILES string of the molecule is CC(=O)NCCc1cccc2c(OCc3nn[nH]n3)cccc12. The number of aromatic nitrogens is 4. The molecule has 3 aromatic rings. The zero-order chi connectivity index (χ0) is 16.1. The standard InChI is InChI=1S/C16H17N5O2/c1-11(22)17-9-8-12-4-2-6-14-13(12)5-3-7-15(14)23-10-16-18-20-21-19-16/h2-7H,8-10H2,1H3,(H,17,22)(H,18,19,20,21). The zero-order valence-electron chi connectivity index (χ0n) is 12.7. The number of fused-ring (bicyclic) bond motifs is 1. The van der Waals surface area contributed by atoms with E-state index in [0.717, 1.165) is 22.9 Å². The Labute approximate surface area is 133 Å². The number of hydrogen-bond acceptors (Lipinski definition) is 5. The quantitative estimate of drug-likeness (QED) is 0.721. The number of H-pyrrole nitrogens is 1. The van der Waals surface area contributed by atoms with Crippen molar-refractivity contribution < 1.29 is 9.53 Å². The van der Waals surface area contributed by atoms with Gasteiger partial charge in [0, 0.05) is 18.9 Å². The molecule has 2 N–H and O–H groups in total. The van der Waals surface area contributed by atoms with E-state index >= 15 is 0 Å². The lowest BCUT2D eigenvalue weighted by molar-refractivity contribution is -0.118. The Kier molecular flexibility index (Phi) is 4.46. The van der Waals surface area contributed by atoms with Crippen LogP contribution in [0.1, 0.15) is 18.3 Å². The van der Waals surface area contributed by atoms with Crippen molar-refractivity contribution in [2.45, 2.75) is 20.0 Å².